The smallest absolute Gasteiger partial charge is 0.231 e. The van der Waals surface area contributed by atoms with Crippen LogP contribution in [-0.4, -0.2) is 19.7 Å². The van der Waals surface area contributed by atoms with Crippen LogP contribution in [-0.2, 0) is 0 Å². The van der Waals surface area contributed by atoms with Gasteiger partial charge in [0.25, 0.3) is 0 Å². The number of hydrogen-bond donors (Lipinski definition) is 0. The zero-order chi connectivity index (χ0) is 11.0. The van der Waals surface area contributed by atoms with E-state index in [0.29, 0.717) is 0 Å². The van der Waals surface area contributed by atoms with Gasteiger partial charge in [-0.05, 0) is 13.0 Å². The molecule has 1 aromatic carbocycles. The molecule has 0 fully saturated rings. The van der Waals surface area contributed by atoms with E-state index in [1.165, 1.54) is 20.1 Å². The highest BCUT2D eigenvalue weighted by Crippen LogP contribution is 2.41. The van der Waals surface area contributed by atoms with Crippen molar-refractivity contribution >= 4 is 5.78 Å². The summed E-state index contributed by atoms with van der Waals surface area (Å²) in [5.41, 5.74) is 0.152. The van der Waals surface area contributed by atoms with Crippen molar-refractivity contribution < 1.29 is 23.4 Å². The van der Waals surface area contributed by atoms with E-state index in [4.69, 9.17) is 14.2 Å². The van der Waals surface area contributed by atoms with Crippen molar-refractivity contribution in [1.82, 2.24) is 0 Å². The summed E-state index contributed by atoms with van der Waals surface area (Å²) in [5, 5.41) is 0. The molecule has 0 amide bonds. The molecular formula is C10H9FO4. The van der Waals surface area contributed by atoms with Gasteiger partial charge in [0.2, 0.25) is 18.4 Å². The van der Waals surface area contributed by atoms with Crippen LogP contribution in [0.1, 0.15) is 17.3 Å². The van der Waals surface area contributed by atoms with E-state index < -0.39 is 5.82 Å². The second kappa shape index (κ2) is 3.42. The van der Waals surface area contributed by atoms with E-state index in [2.05, 4.69) is 0 Å². The Morgan fingerprint density at radius 1 is 1.53 bits per heavy atom. The second-order valence-electron chi connectivity index (χ2n) is 3.06. The summed E-state index contributed by atoms with van der Waals surface area (Å²) >= 11 is 0. The maximum Gasteiger partial charge on any atom is 0.231 e. The zero-order valence-corrected chi connectivity index (χ0v) is 8.30. The average Bonchev–Trinajstić information content (AvgIpc) is 2.65. The van der Waals surface area contributed by atoms with Crippen molar-refractivity contribution in [2.75, 3.05) is 13.9 Å². The van der Waals surface area contributed by atoms with Crippen molar-refractivity contribution in [2.24, 2.45) is 0 Å². The van der Waals surface area contributed by atoms with Crippen LogP contribution < -0.4 is 14.2 Å². The van der Waals surface area contributed by atoms with E-state index in [9.17, 15) is 9.18 Å². The van der Waals surface area contributed by atoms with Gasteiger partial charge in [0.05, 0.1) is 12.7 Å². The molecule has 0 aromatic heterocycles. The summed E-state index contributed by atoms with van der Waals surface area (Å²) in [5.74, 6) is -0.858. The monoisotopic (exact) mass is 212 g/mol. The molecule has 1 aliphatic heterocycles. The fourth-order valence-electron chi connectivity index (χ4n) is 1.45. The van der Waals surface area contributed by atoms with E-state index >= 15 is 0 Å². The Hall–Kier alpha value is -1.78. The van der Waals surface area contributed by atoms with Gasteiger partial charge in [0.1, 0.15) is 0 Å². The van der Waals surface area contributed by atoms with Gasteiger partial charge in [-0.15, -0.1) is 0 Å². The van der Waals surface area contributed by atoms with Crippen LogP contribution in [0.25, 0.3) is 0 Å². The van der Waals surface area contributed by atoms with Gasteiger partial charge in [0, 0.05) is 0 Å². The molecule has 0 saturated heterocycles. The highest BCUT2D eigenvalue weighted by molar-refractivity contribution is 5.97. The number of carbonyl (C=O) groups excluding carboxylic acids is 1. The fraction of sp³-hybridized carbons (Fsp3) is 0.300. The third-order valence-electron chi connectivity index (χ3n) is 2.14. The van der Waals surface area contributed by atoms with Crippen molar-refractivity contribution in [3.63, 3.8) is 0 Å². The predicted octanol–water partition coefficient (Wildman–Crippen LogP) is 1.77. The maximum atomic E-state index is 13.7. The lowest BCUT2D eigenvalue weighted by molar-refractivity contribution is 0.101. The molecule has 0 atom stereocenters. The molecule has 1 heterocycles. The molecule has 0 bridgehead atoms. The summed E-state index contributed by atoms with van der Waals surface area (Å²) in [6.07, 6.45) is 0. The second-order valence-corrected chi connectivity index (χ2v) is 3.06. The number of fused-ring (bicyclic) bond motifs is 1. The summed E-state index contributed by atoms with van der Waals surface area (Å²) in [7, 11) is 1.30. The number of benzene rings is 1. The van der Waals surface area contributed by atoms with Crippen molar-refractivity contribution in [3.8, 4) is 17.2 Å². The molecule has 80 valence electrons. The molecule has 4 nitrogen and oxygen atoms in total. The zero-order valence-electron chi connectivity index (χ0n) is 8.30. The molecular weight excluding hydrogens is 203 g/mol. The van der Waals surface area contributed by atoms with Crippen LogP contribution in [0.3, 0.4) is 0 Å². The number of Topliss-reactive ketones (excluding diaryl/α,β-unsaturated/α-hetero) is 1. The first-order chi connectivity index (χ1) is 7.15. The Morgan fingerprint density at radius 3 is 2.87 bits per heavy atom. The normalized spacial score (nSPS) is 12.7. The number of methoxy groups -OCH3 is 1. The first-order valence-electron chi connectivity index (χ1n) is 4.32. The number of halogens is 1. The average molecular weight is 212 g/mol. The number of carbonyl (C=O) groups is 1. The standard InChI is InChI=1S/C10H9FO4/c1-5(12)6-3-7-10(15-4-14-7)8(11)9(6)13-2/h3H,4H2,1-2H3. The summed E-state index contributed by atoms with van der Waals surface area (Å²) in [6.45, 7) is 1.29. The van der Waals surface area contributed by atoms with Gasteiger partial charge in [-0.2, -0.15) is 4.39 Å². The van der Waals surface area contributed by atoms with E-state index in [-0.39, 0.29) is 35.4 Å². The molecule has 0 unspecified atom stereocenters. The van der Waals surface area contributed by atoms with E-state index in [1.54, 1.807) is 0 Å². The molecule has 1 aromatic rings. The van der Waals surface area contributed by atoms with E-state index in [0.717, 1.165) is 0 Å². The molecule has 0 aliphatic carbocycles. The summed E-state index contributed by atoms with van der Waals surface area (Å²) in [6, 6.07) is 1.42. The molecule has 5 heteroatoms. The number of rotatable bonds is 2. The van der Waals surface area contributed by atoms with Crippen molar-refractivity contribution in [2.45, 2.75) is 6.92 Å². The Morgan fingerprint density at radius 2 is 2.27 bits per heavy atom. The van der Waals surface area contributed by atoms with Gasteiger partial charge in [-0.25, -0.2) is 0 Å². The van der Waals surface area contributed by atoms with Crippen LogP contribution in [0, 0.1) is 5.82 Å². The Bertz CT molecular complexity index is 428. The highest BCUT2D eigenvalue weighted by Gasteiger charge is 2.26. The lowest BCUT2D eigenvalue weighted by Crippen LogP contribution is -2.00. The topological polar surface area (TPSA) is 44.8 Å². The molecule has 1 aliphatic rings. The summed E-state index contributed by atoms with van der Waals surface area (Å²) < 4.78 is 28.5. The third-order valence-corrected chi connectivity index (χ3v) is 2.14. The van der Waals surface area contributed by atoms with Gasteiger partial charge >= 0.3 is 0 Å². The fourth-order valence-corrected chi connectivity index (χ4v) is 1.45. The third kappa shape index (κ3) is 1.40. The van der Waals surface area contributed by atoms with Gasteiger partial charge in [0.15, 0.2) is 17.3 Å². The van der Waals surface area contributed by atoms with Crippen molar-refractivity contribution in [3.05, 3.63) is 17.4 Å². The minimum atomic E-state index is -0.697. The largest absolute Gasteiger partial charge is 0.493 e. The Kier molecular flexibility index (Phi) is 2.22. The first-order valence-corrected chi connectivity index (χ1v) is 4.32. The SMILES string of the molecule is COc1c(C(C)=O)cc2c(c1F)OCO2. The number of ketones is 1. The number of ether oxygens (including phenoxy) is 3. The van der Waals surface area contributed by atoms with Gasteiger partial charge < -0.3 is 14.2 Å². The van der Waals surface area contributed by atoms with Crippen LogP contribution in [0.15, 0.2) is 6.07 Å². The van der Waals surface area contributed by atoms with Gasteiger partial charge in [-0.3, -0.25) is 4.79 Å². The van der Waals surface area contributed by atoms with Crippen LogP contribution in [0.5, 0.6) is 17.2 Å². The van der Waals surface area contributed by atoms with Crippen LogP contribution in [0.4, 0.5) is 4.39 Å². The highest BCUT2D eigenvalue weighted by atomic mass is 19.1. The molecule has 0 spiro atoms. The van der Waals surface area contributed by atoms with Crippen LogP contribution in [0.2, 0.25) is 0 Å². The van der Waals surface area contributed by atoms with Crippen LogP contribution >= 0.6 is 0 Å². The molecule has 0 radical (unpaired) electrons. The first kappa shape index (κ1) is 9.76. The van der Waals surface area contributed by atoms with Gasteiger partial charge in [-0.1, -0.05) is 0 Å². The molecule has 0 saturated carbocycles. The minimum Gasteiger partial charge on any atom is -0.493 e. The summed E-state index contributed by atoms with van der Waals surface area (Å²) in [4.78, 5) is 11.2. The maximum absolute atomic E-state index is 13.7. The molecule has 0 N–H and O–H groups in total. The van der Waals surface area contributed by atoms with E-state index in [1.807, 2.05) is 0 Å². The predicted molar refractivity (Wildman–Crippen MR) is 49.1 cm³/mol. The number of hydrogen-bond acceptors (Lipinski definition) is 4. The molecule has 2 rings (SSSR count). The lowest BCUT2D eigenvalue weighted by Gasteiger charge is -2.08. The molecule has 15 heavy (non-hydrogen) atoms. The lowest BCUT2D eigenvalue weighted by atomic mass is 10.1. The van der Waals surface area contributed by atoms with Crippen molar-refractivity contribution in [1.29, 1.82) is 0 Å². The Labute approximate surface area is 85.6 Å². The minimum absolute atomic E-state index is 0.00292. The quantitative estimate of drug-likeness (QED) is 0.701. The Balaban J connectivity index is 2.66.